The number of hydrogen-bond acceptors (Lipinski definition) is 3. The van der Waals surface area contributed by atoms with Crippen molar-refractivity contribution in [2.45, 2.75) is 53.0 Å². The molecule has 22 heavy (non-hydrogen) atoms. The molecule has 1 amide bonds. The average Bonchev–Trinajstić information content (AvgIpc) is 3.02. The summed E-state index contributed by atoms with van der Waals surface area (Å²) in [6.45, 7) is 14.7. The SMILES string of the molecule is CCCN1CC[C@H](CNC(=O)c2cnn(C(C)(C)C)c2C)C1. The van der Waals surface area contributed by atoms with Gasteiger partial charge in [0.25, 0.3) is 5.91 Å². The molecule has 1 atom stereocenters. The second-order valence-corrected chi connectivity index (χ2v) is 7.39. The Morgan fingerprint density at radius 3 is 2.77 bits per heavy atom. The quantitative estimate of drug-likeness (QED) is 0.909. The van der Waals surface area contributed by atoms with Gasteiger partial charge in [-0.1, -0.05) is 6.92 Å². The molecule has 1 aromatic heterocycles. The molecule has 0 aromatic carbocycles. The fraction of sp³-hybridized carbons (Fsp3) is 0.765. The van der Waals surface area contributed by atoms with Crippen LogP contribution in [0.3, 0.4) is 0 Å². The summed E-state index contributed by atoms with van der Waals surface area (Å²) < 4.78 is 1.92. The highest BCUT2D eigenvalue weighted by Crippen LogP contribution is 2.19. The van der Waals surface area contributed by atoms with Crippen molar-refractivity contribution in [2.75, 3.05) is 26.2 Å². The summed E-state index contributed by atoms with van der Waals surface area (Å²) >= 11 is 0. The molecule has 1 N–H and O–H groups in total. The first kappa shape index (κ1) is 17.0. The molecule has 1 aliphatic heterocycles. The number of hydrogen-bond donors (Lipinski definition) is 1. The third-order valence-electron chi connectivity index (χ3n) is 4.35. The largest absolute Gasteiger partial charge is 0.352 e. The maximum Gasteiger partial charge on any atom is 0.254 e. The van der Waals surface area contributed by atoms with E-state index in [1.165, 1.54) is 19.4 Å². The van der Waals surface area contributed by atoms with Crippen LogP contribution in [0, 0.1) is 12.8 Å². The molecule has 0 bridgehead atoms. The molecule has 0 unspecified atom stereocenters. The Hall–Kier alpha value is -1.36. The van der Waals surface area contributed by atoms with E-state index in [9.17, 15) is 4.79 Å². The molecule has 5 nitrogen and oxygen atoms in total. The first-order valence-electron chi connectivity index (χ1n) is 8.38. The molecule has 0 radical (unpaired) electrons. The lowest BCUT2D eigenvalue weighted by molar-refractivity contribution is 0.0946. The van der Waals surface area contributed by atoms with Crippen LogP contribution in [-0.4, -0.2) is 46.8 Å². The van der Waals surface area contributed by atoms with Crippen molar-refractivity contribution < 1.29 is 4.79 Å². The monoisotopic (exact) mass is 306 g/mol. The number of likely N-dealkylation sites (tertiary alicyclic amines) is 1. The number of carbonyl (C=O) groups is 1. The highest BCUT2D eigenvalue weighted by atomic mass is 16.1. The number of rotatable bonds is 5. The van der Waals surface area contributed by atoms with Gasteiger partial charge in [0.15, 0.2) is 0 Å². The number of aromatic nitrogens is 2. The van der Waals surface area contributed by atoms with E-state index in [1.807, 2.05) is 11.6 Å². The summed E-state index contributed by atoms with van der Waals surface area (Å²) in [5.74, 6) is 0.579. The minimum atomic E-state index is -0.102. The third kappa shape index (κ3) is 3.88. The molecule has 1 aromatic rings. The van der Waals surface area contributed by atoms with Gasteiger partial charge in [0.2, 0.25) is 0 Å². The van der Waals surface area contributed by atoms with E-state index >= 15 is 0 Å². The van der Waals surface area contributed by atoms with Crippen molar-refractivity contribution in [1.29, 1.82) is 0 Å². The van der Waals surface area contributed by atoms with Crippen molar-refractivity contribution in [3.05, 3.63) is 17.5 Å². The first-order valence-corrected chi connectivity index (χ1v) is 8.38. The minimum absolute atomic E-state index is 0.00180. The van der Waals surface area contributed by atoms with Gasteiger partial charge in [0.1, 0.15) is 0 Å². The van der Waals surface area contributed by atoms with Crippen molar-refractivity contribution >= 4 is 5.91 Å². The molecule has 0 aliphatic carbocycles. The van der Waals surface area contributed by atoms with Crippen LogP contribution in [0.1, 0.15) is 56.6 Å². The summed E-state index contributed by atoms with van der Waals surface area (Å²) in [7, 11) is 0. The van der Waals surface area contributed by atoms with Crippen LogP contribution >= 0.6 is 0 Å². The predicted molar refractivity (Wildman–Crippen MR) is 89.1 cm³/mol. The Balaban J connectivity index is 1.90. The summed E-state index contributed by atoms with van der Waals surface area (Å²) in [6, 6.07) is 0. The Morgan fingerprint density at radius 1 is 1.45 bits per heavy atom. The predicted octanol–water partition coefficient (Wildman–Crippen LogP) is 2.41. The molecule has 124 valence electrons. The highest BCUT2D eigenvalue weighted by molar-refractivity contribution is 5.95. The number of amides is 1. The van der Waals surface area contributed by atoms with Gasteiger partial charge < -0.3 is 10.2 Å². The lowest BCUT2D eigenvalue weighted by Crippen LogP contribution is -2.32. The van der Waals surface area contributed by atoms with Gasteiger partial charge >= 0.3 is 0 Å². The van der Waals surface area contributed by atoms with Gasteiger partial charge in [-0.3, -0.25) is 9.48 Å². The van der Waals surface area contributed by atoms with Gasteiger partial charge in [-0.15, -0.1) is 0 Å². The van der Waals surface area contributed by atoms with E-state index in [1.54, 1.807) is 6.20 Å². The molecule has 2 heterocycles. The van der Waals surface area contributed by atoms with Crippen LogP contribution in [0.4, 0.5) is 0 Å². The van der Waals surface area contributed by atoms with E-state index in [0.717, 1.165) is 25.3 Å². The standard InChI is InChI=1S/C17H30N4O/c1-6-8-20-9-7-14(12-20)10-18-16(22)15-11-19-21(13(15)2)17(3,4)5/h11,14H,6-10,12H2,1-5H3,(H,18,22)/t14-/m1/s1. The minimum Gasteiger partial charge on any atom is -0.352 e. The lowest BCUT2D eigenvalue weighted by Gasteiger charge is -2.21. The van der Waals surface area contributed by atoms with E-state index in [4.69, 9.17) is 0 Å². The zero-order valence-electron chi connectivity index (χ0n) is 14.6. The van der Waals surface area contributed by atoms with E-state index < -0.39 is 0 Å². The summed E-state index contributed by atoms with van der Waals surface area (Å²) in [5, 5.41) is 7.46. The number of nitrogens with zero attached hydrogens (tertiary/aromatic N) is 3. The van der Waals surface area contributed by atoms with E-state index in [0.29, 0.717) is 11.5 Å². The fourth-order valence-corrected chi connectivity index (χ4v) is 3.24. The van der Waals surface area contributed by atoms with Crippen LogP contribution in [0.2, 0.25) is 0 Å². The van der Waals surface area contributed by atoms with Gasteiger partial charge in [0, 0.05) is 18.8 Å². The summed E-state index contributed by atoms with van der Waals surface area (Å²) in [6.07, 6.45) is 4.07. The zero-order valence-corrected chi connectivity index (χ0v) is 14.6. The van der Waals surface area contributed by atoms with Crippen molar-refractivity contribution in [2.24, 2.45) is 5.92 Å². The number of nitrogens with one attached hydrogen (secondary N) is 1. The van der Waals surface area contributed by atoms with Crippen LogP contribution in [-0.2, 0) is 5.54 Å². The Bertz CT molecular complexity index is 515. The van der Waals surface area contributed by atoms with Crippen LogP contribution in [0.15, 0.2) is 6.20 Å². The van der Waals surface area contributed by atoms with Gasteiger partial charge in [0.05, 0.1) is 17.3 Å². The smallest absolute Gasteiger partial charge is 0.254 e. The van der Waals surface area contributed by atoms with Crippen LogP contribution in [0.25, 0.3) is 0 Å². The fourth-order valence-electron chi connectivity index (χ4n) is 3.24. The normalized spacial score (nSPS) is 19.6. The molecule has 0 spiro atoms. The molecule has 5 heteroatoms. The zero-order chi connectivity index (χ0) is 16.3. The van der Waals surface area contributed by atoms with Crippen molar-refractivity contribution in [3.8, 4) is 0 Å². The molecule has 1 saturated heterocycles. The van der Waals surface area contributed by atoms with Crippen molar-refractivity contribution in [1.82, 2.24) is 20.0 Å². The third-order valence-corrected chi connectivity index (χ3v) is 4.35. The number of carbonyl (C=O) groups excluding carboxylic acids is 1. The Morgan fingerprint density at radius 2 is 2.18 bits per heavy atom. The highest BCUT2D eigenvalue weighted by Gasteiger charge is 2.24. The average molecular weight is 306 g/mol. The Labute approximate surface area is 134 Å². The summed E-state index contributed by atoms with van der Waals surface area (Å²) in [5.41, 5.74) is 1.52. The van der Waals surface area contributed by atoms with Crippen molar-refractivity contribution in [3.63, 3.8) is 0 Å². The van der Waals surface area contributed by atoms with Crippen LogP contribution < -0.4 is 5.32 Å². The Kier molecular flexibility index (Phi) is 5.27. The van der Waals surface area contributed by atoms with E-state index in [-0.39, 0.29) is 11.4 Å². The first-order chi connectivity index (χ1) is 10.3. The molecule has 1 aliphatic rings. The van der Waals surface area contributed by atoms with Gasteiger partial charge in [-0.05, 0) is 59.5 Å². The molecule has 2 rings (SSSR count). The van der Waals surface area contributed by atoms with Crippen LogP contribution in [0.5, 0.6) is 0 Å². The van der Waals surface area contributed by atoms with Gasteiger partial charge in [-0.25, -0.2) is 0 Å². The molecule has 1 fully saturated rings. The maximum absolute atomic E-state index is 12.4. The maximum atomic E-state index is 12.4. The topological polar surface area (TPSA) is 50.2 Å². The van der Waals surface area contributed by atoms with Gasteiger partial charge in [-0.2, -0.15) is 5.10 Å². The second kappa shape index (κ2) is 6.82. The molecule has 0 saturated carbocycles. The summed E-state index contributed by atoms with van der Waals surface area (Å²) in [4.78, 5) is 14.9. The van der Waals surface area contributed by atoms with E-state index in [2.05, 4.69) is 43.0 Å². The lowest BCUT2D eigenvalue weighted by atomic mass is 10.1. The molecular weight excluding hydrogens is 276 g/mol. The molecular formula is C17H30N4O. The second-order valence-electron chi connectivity index (χ2n) is 7.39.